The maximum Gasteiger partial charge on any atom is 0.256 e. The Hall–Kier alpha value is -1.43. The molecule has 1 unspecified atom stereocenters. The van der Waals surface area contributed by atoms with Crippen LogP contribution in [-0.2, 0) is 4.79 Å². The van der Waals surface area contributed by atoms with Crippen molar-refractivity contribution in [3.8, 4) is 0 Å². The molecule has 2 N–H and O–H groups in total. The Bertz CT molecular complexity index is 507. The number of nitrogens with two attached hydrogens (primary N) is 1. The van der Waals surface area contributed by atoms with Gasteiger partial charge in [0.05, 0.1) is 16.0 Å². The second-order valence-corrected chi connectivity index (χ2v) is 5.09. The van der Waals surface area contributed by atoms with Crippen LogP contribution in [0.2, 0.25) is 0 Å². The van der Waals surface area contributed by atoms with Crippen LogP contribution >= 0.6 is 15.9 Å². The maximum atomic E-state index is 13.8. The average Bonchev–Trinajstić information content (AvgIpc) is 2.81. The van der Waals surface area contributed by atoms with Gasteiger partial charge in [0.25, 0.3) is 5.91 Å². The zero-order chi connectivity index (χ0) is 13.3. The molecule has 0 radical (unpaired) electrons. The van der Waals surface area contributed by atoms with Crippen molar-refractivity contribution in [2.24, 2.45) is 11.7 Å². The van der Waals surface area contributed by atoms with Gasteiger partial charge in [-0.2, -0.15) is 0 Å². The minimum atomic E-state index is -0.579. The lowest BCUT2D eigenvalue weighted by atomic mass is 10.1. The van der Waals surface area contributed by atoms with E-state index in [-0.39, 0.29) is 22.5 Å². The van der Waals surface area contributed by atoms with Crippen molar-refractivity contribution in [2.75, 3.05) is 13.1 Å². The predicted octanol–water partition coefficient (Wildman–Crippen LogP) is 1.54. The van der Waals surface area contributed by atoms with E-state index >= 15 is 0 Å². The third-order valence-electron chi connectivity index (χ3n) is 3.06. The van der Waals surface area contributed by atoms with Gasteiger partial charge in [0.15, 0.2) is 0 Å². The van der Waals surface area contributed by atoms with Crippen molar-refractivity contribution in [3.05, 3.63) is 34.1 Å². The molecule has 1 heterocycles. The lowest BCUT2D eigenvalue weighted by Gasteiger charge is -2.16. The lowest BCUT2D eigenvalue weighted by molar-refractivity contribution is -0.121. The van der Waals surface area contributed by atoms with Crippen LogP contribution in [0.4, 0.5) is 4.39 Å². The topological polar surface area (TPSA) is 63.4 Å². The standard InChI is InChI=1S/C12H12BrFN2O2/c13-9-3-1-2-8(10(9)14)12(18)16-5-4-7(6-16)11(15)17/h1-3,7H,4-6H2,(H2,15,17). The monoisotopic (exact) mass is 314 g/mol. The number of hydrogen-bond acceptors (Lipinski definition) is 2. The third kappa shape index (κ3) is 2.38. The van der Waals surface area contributed by atoms with E-state index in [2.05, 4.69) is 15.9 Å². The van der Waals surface area contributed by atoms with Crippen LogP contribution in [-0.4, -0.2) is 29.8 Å². The van der Waals surface area contributed by atoms with E-state index in [4.69, 9.17) is 5.73 Å². The largest absolute Gasteiger partial charge is 0.369 e. The number of benzene rings is 1. The van der Waals surface area contributed by atoms with Gasteiger partial charge < -0.3 is 10.6 Å². The molecule has 4 nitrogen and oxygen atoms in total. The summed E-state index contributed by atoms with van der Waals surface area (Å²) in [4.78, 5) is 24.6. The molecule has 1 fully saturated rings. The predicted molar refractivity (Wildman–Crippen MR) is 67.3 cm³/mol. The number of rotatable bonds is 2. The van der Waals surface area contributed by atoms with E-state index in [1.165, 1.54) is 17.0 Å². The molecule has 1 aromatic rings. The summed E-state index contributed by atoms with van der Waals surface area (Å²) in [5.74, 6) is -1.73. The summed E-state index contributed by atoms with van der Waals surface area (Å²) in [6.07, 6.45) is 0.538. The number of hydrogen-bond donors (Lipinski definition) is 1. The fraction of sp³-hybridized carbons (Fsp3) is 0.333. The van der Waals surface area contributed by atoms with Crippen molar-refractivity contribution in [1.82, 2.24) is 4.90 Å². The molecule has 0 saturated carbocycles. The van der Waals surface area contributed by atoms with Gasteiger partial charge in [-0.15, -0.1) is 0 Å². The van der Waals surface area contributed by atoms with E-state index in [0.717, 1.165) is 0 Å². The first-order valence-corrected chi connectivity index (χ1v) is 6.32. The van der Waals surface area contributed by atoms with Crippen LogP contribution in [0.1, 0.15) is 16.8 Å². The zero-order valence-corrected chi connectivity index (χ0v) is 11.1. The Morgan fingerprint density at radius 2 is 2.17 bits per heavy atom. The van der Waals surface area contributed by atoms with Crippen molar-refractivity contribution < 1.29 is 14.0 Å². The molecule has 0 aliphatic carbocycles. The Labute approximate surface area is 112 Å². The summed E-state index contributed by atoms with van der Waals surface area (Å²) in [7, 11) is 0. The van der Waals surface area contributed by atoms with Crippen molar-refractivity contribution >= 4 is 27.7 Å². The lowest BCUT2D eigenvalue weighted by Crippen LogP contribution is -2.32. The summed E-state index contributed by atoms with van der Waals surface area (Å²) in [5.41, 5.74) is 5.20. The van der Waals surface area contributed by atoms with Crippen LogP contribution in [0, 0.1) is 11.7 Å². The molecule has 1 aliphatic rings. The van der Waals surface area contributed by atoms with Gasteiger partial charge in [-0.05, 0) is 34.5 Å². The molecule has 1 saturated heterocycles. The highest BCUT2D eigenvalue weighted by atomic mass is 79.9. The molecule has 2 amide bonds. The number of carbonyl (C=O) groups is 2. The highest BCUT2D eigenvalue weighted by Gasteiger charge is 2.31. The number of halogens is 2. The summed E-state index contributed by atoms with van der Waals surface area (Å²) in [6.45, 7) is 0.693. The van der Waals surface area contributed by atoms with E-state index < -0.39 is 17.6 Å². The van der Waals surface area contributed by atoms with Crippen molar-refractivity contribution in [1.29, 1.82) is 0 Å². The smallest absolute Gasteiger partial charge is 0.256 e. The molecule has 0 aromatic heterocycles. The summed E-state index contributed by atoms with van der Waals surface area (Å²) < 4.78 is 14.0. The molecule has 0 spiro atoms. The van der Waals surface area contributed by atoms with Gasteiger partial charge in [-0.1, -0.05) is 6.07 Å². The second-order valence-electron chi connectivity index (χ2n) is 4.24. The molecule has 1 aliphatic heterocycles. The molecule has 2 rings (SSSR count). The second kappa shape index (κ2) is 5.06. The highest BCUT2D eigenvalue weighted by molar-refractivity contribution is 9.10. The first-order valence-electron chi connectivity index (χ1n) is 5.53. The van der Waals surface area contributed by atoms with Crippen LogP contribution < -0.4 is 5.73 Å². The number of nitrogens with zero attached hydrogens (tertiary/aromatic N) is 1. The van der Waals surface area contributed by atoms with E-state index in [1.807, 2.05) is 0 Å². The fourth-order valence-electron chi connectivity index (χ4n) is 2.02. The van der Waals surface area contributed by atoms with Crippen molar-refractivity contribution in [3.63, 3.8) is 0 Å². The van der Waals surface area contributed by atoms with Crippen LogP contribution in [0.15, 0.2) is 22.7 Å². The number of primary amides is 1. The van der Waals surface area contributed by atoms with Gasteiger partial charge in [0, 0.05) is 13.1 Å². The molecule has 0 bridgehead atoms. The molecule has 18 heavy (non-hydrogen) atoms. The number of carbonyl (C=O) groups excluding carboxylic acids is 2. The van der Waals surface area contributed by atoms with Crippen LogP contribution in [0.5, 0.6) is 0 Å². The molecule has 6 heteroatoms. The molecular weight excluding hydrogens is 303 g/mol. The molecule has 1 aromatic carbocycles. The van der Waals surface area contributed by atoms with Crippen LogP contribution in [0.25, 0.3) is 0 Å². The Morgan fingerprint density at radius 1 is 1.44 bits per heavy atom. The van der Waals surface area contributed by atoms with Gasteiger partial charge in [0.1, 0.15) is 5.82 Å². The first-order chi connectivity index (χ1) is 8.50. The average molecular weight is 315 g/mol. The summed E-state index contributed by atoms with van der Waals surface area (Å²) >= 11 is 3.04. The van der Waals surface area contributed by atoms with E-state index in [1.54, 1.807) is 6.07 Å². The SMILES string of the molecule is NC(=O)C1CCN(C(=O)c2cccc(Br)c2F)C1. The number of amides is 2. The molecule has 96 valence electrons. The van der Waals surface area contributed by atoms with E-state index in [0.29, 0.717) is 13.0 Å². The summed E-state index contributed by atoms with van der Waals surface area (Å²) in [5, 5.41) is 0. The first kappa shape index (κ1) is 13.0. The minimum absolute atomic E-state index is 0.00879. The molecular formula is C12H12BrFN2O2. The minimum Gasteiger partial charge on any atom is -0.369 e. The van der Waals surface area contributed by atoms with Gasteiger partial charge in [-0.25, -0.2) is 4.39 Å². The Morgan fingerprint density at radius 3 is 2.78 bits per heavy atom. The third-order valence-corrected chi connectivity index (χ3v) is 3.67. The van der Waals surface area contributed by atoms with Gasteiger partial charge >= 0.3 is 0 Å². The normalized spacial score (nSPS) is 19.0. The van der Waals surface area contributed by atoms with Gasteiger partial charge in [-0.3, -0.25) is 9.59 Å². The highest BCUT2D eigenvalue weighted by Crippen LogP contribution is 2.23. The quantitative estimate of drug-likeness (QED) is 0.900. The Balaban J connectivity index is 2.18. The maximum absolute atomic E-state index is 13.8. The van der Waals surface area contributed by atoms with Crippen LogP contribution in [0.3, 0.4) is 0 Å². The van der Waals surface area contributed by atoms with Crippen molar-refractivity contribution in [2.45, 2.75) is 6.42 Å². The van der Waals surface area contributed by atoms with Gasteiger partial charge in [0.2, 0.25) is 5.91 Å². The molecule has 1 atom stereocenters. The summed E-state index contributed by atoms with van der Waals surface area (Å²) in [6, 6.07) is 4.56. The zero-order valence-electron chi connectivity index (χ0n) is 9.53. The van der Waals surface area contributed by atoms with E-state index in [9.17, 15) is 14.0 Å². The fourth-order valence-corrected chi connectivity index (χ4v) is 2.38. The number of likely N-dealkylation sites (tertiary alicyclic amines) is 1. The Kier molecular flexibility index (Phi) is 3.65.